The van der Waals surface area contributed by atoms with Crippen LogP contribution >= 0.6 is 0 Å². The van der Waals surface area contributed by atoms with Gasteiger partial charge in [-0.1, -0.05) is 255 Å². The molecule has 0 aromatic carbocycles. The topological polar surface area (TPSA) is 92.3 Å². The Morgan fingerprint density at radius 2 is 0.250 bits per heavy atom. The maximum atomic E-state index is 8.06. The molecule has 1 rings (SSSR count). The second-order valence-electron chi connectivity index (χ2n) is 22.2. The van der Waals surface area contributed by atoms with Gasteiger partial charge in [-0.15, -0.1) is 65.8 Å². The van der Waals surface area contributed by atoms with Gasteiger partial charge in [0.2, 0.25) is 0 Å². The smallest absolute Gasteiger partial charge is 0.347 e. The molecule has 1 fully saturated rings. The molecule has 10 nitrogen and oxygen atoms in total. The number of unbranched alkanes of at least 4 members (excludes halogenated alkanes) is 10. The minimum absolute atomic E-state index is 0.632. The first-order valence-electron chi connectivity index (χ1n) is 31.7. The molecule has 0 radical (unpaired) electrons. The van der Waals surface area contributed by atoms with Crippen molar-refractivity contribution < 1.29 is 41.2 Å². The fourth-order valence-corrected chi connectivity index (χ4v) is 64.4. The van der Waals surface area contributed by atoms with Gasteiger partial charge in [-0.2, -0.15) is 0 Å². The van der Waals surface area contributed by atoms with E-state index in [2.05, 4.69) is 135 Å². The summed E-state index contributed by atoms with van der Waals surface area (Å²) in [7, 11) is -35.9. The van der Waals surface area contributed by atoms with E-state index in [9.17, 15) is 0 Å². The minimum Gasteiger partial charge on any atom is -0.409 e. The molecule has 0 bridgehead atoms. The predicted octanol–water partition coefficient (Wildman–Crippen LogP) is 19.8. The molecule has 0 N–H and O–H groups in total. The van der Waals surface area contributed by atoms with E-state index < -0.39 is 85.6 Å². The van der Waals surface area contributed by atoms with Gasteiger partial charge in [0.05, 0.1) is 0 Å². The molecule has 80 heavy (non-hydrogen) atoms. The summed E-state index contributed by atoms with van der Waals surface area (Å²) >= 11 is 0. The molecule has 460 valence electrons. The predicted molar refractivity (Wildman–Crippen MR) is 368 cm³/mol. The molecular formula is C60H120O10Si10. The SMILES string of the molecule is C=C[Si]1(CCCC)O[Si](C=C)(CCCC)O[Si](C=C)(CCCC)O[Si](C=C)(CCCC)O[Si](C=C)(CCCC)O[Si](C=C)(CCCC)O[Si](C=C)(CCCC)O[Si](C=C)(CCCC)O[Si](C=C)(CCCC)O[Si](C=C)(CCCC)O1. The Hall–Kier alpha value is -0.831. The molecule has 0 unspecified atom stereocenters. The van der Waals surface area contributed by atoms with Gasteiger partial charge in [-0.25, -0.2) is 0 Å². The van der Waals surface area contributed by atoms with E-state index >= 15 is 0 Å². The van der Waals surface area contributed by atoms with Crippen molar-refractivity contribution in [2.75, 3.05) is 0 Å². The van der Waals surface area contributed by atoms with Crippen molar-refractivity contribution in [2.24, 2.45) is 0 Å². The van der Waals surface area contributed by atoms with Crippen LogP contribution in [0.3, 0.4) is 0 Å². The number of rotatable bonds is 40. The van der Waals surface area contributed by atoms with Crippen molar-refractivity contribution in [1.82, 2.24) is 0 Å². The quantitative estimate of drug-likeness (QED) is 0.0552. The van der Waals surface area contributed by atoms with Gasteiger partial charge >= 0.3 is 85.6 Å². The highest BCUT2D eigenvalue weighted by Gasteiger charge is 2.62. The molecule has 1 heterocycles. The summed E-state index contributed by atoms with van der Waals surface area (Å²) < 4.78 is 80.6. The standard InChI is InChI=1S/C60H120O10Si10/c1-21-41-51-71(31-11)61-72(32-12,52-42-22-2)63-74(34-14,54-44-24-4)65-76(36-16,56-46-26-6)67-78(38-18,58-48-28-8)69-80(40-20,60-50-30-10)70-79(39-19,59-49-29-9)68-77(37-17,57-47-27-7)66-75(35-15,55-45-25-5)64-73(33-13,62-71)53-43-23-3/h31-40H,11-30,41-60H2,1-10H3. The van der Waals surface area contributed by atoms with Crippen LogP contribution in [0, 0.1) is 0 Å². The number of hydrogen-bond acceptors (Lipinski definition) is 10. The summed E-state index contributed by atoms with van der Waals surface area (Å²) in [5.41, 5.74) is 19.9. The zero-order chi connectivity index (χ0) is 60.4. The second-order valence-corrected chi connectivity index (χ2v) is 55.7. The van der Waals surface area contributed by atoms with Gasteiger partial charge in [0.25, 0.3) is 0 Å². The average Bonchev–Trinajstić information content (AvgIpc) is 3.48. The zero-order valence-electron chi connectivity index (χ0n) is 53.1. The maximum absolute atomic E-state index is 8.06. The molecule has 0 saturated carbocycles. The molecule has 0 aliphatic carbocycles. The molecule has 1 saturated heterocycles. The first-order chi connectivity index (χ1) is 38.3. The van der Waals surface area contributed by atoms with Crippen LogP contribution in [0.2, 0.25) is 60.4 Å². The summed E-state index contributed by atoms with van der Waals surface area (Å²) in [5.74, 6) is 0. The fraction of sp³-hybridized carbons (Fsp3) is 0.667. The van der Waals surface area contributed by atoms with Gasteiger partial charge in [0.15, 0.2) is 0 Å². The van der Waals surface area contributed by atoms with E-state index in [1.807, 2.05) is 57.0 Å². The Bertz CT molecular complexity index is 1420. The van der Waals surface area contributed by atoms with Gasteiger partial charge in [-0.05, 0) is 60.4 Å². The molecule has 20 heteroatoms. The van der Waals surface area contributed by atoms with E-state index in [4.69, 9.17) is 41.2 Å². The molecule has 0 aromatic rings. The van der Waals surface area contributed by atoms with E-state index in [-0.39, 0.29) is 0 Å². The molecule has 0 spiro atoms. The monoisotopic (exact) mass is 1280 g/mol. The third-order valence-electron chi connectivity index (χ3n) is 15.4. The Labute approximate surface area is 504 Å². The van der Waals surface area contributed by atoms with Crippen molar-refractivity contribution >= 4 is 85.6 Å². The first-order valence-corrected chi connectivity index (χ1v) is 52.7. The van der Waals surface area contributed by atoms with Gasteiger partial charge in [-0.3, -0.25) is 0 Å². The largest absolute Gasteiger partial charge is 0.409 e. The van der Waals surface area contributed by atoms with Crippen molar-refractivity contribution in [3.8, 4) is 0 Å². The summed E-state index contributed by atoms with van der Waals surface area (Å²) in [5, 5.41) is 0. The van der Waals surface area contributed by atoms with Crippen LogP contribution in [0.25, 0.3) is 0 Å². The van der Waals surface area contributed by atoms with Crippen LogP contribution in [-0.4, -0.2) is 85.6 Å². The molecule has 1 aliphatic rings. The Kier molecular flexibility index (Phi) is 37.7. The lowest BCUT2D eigenvalue weighted by atomic mass is 10.4. The van der Waals surface area contributed by atoms with Crippen LogP contribution < -0.4 is 0 Å². The average molecular weight is 1280 g/mol. The lowest BCUT2D eigenvalue weighted by Crippen LogP contribution is -2.68. The molecule has 0 atom stereocenters. The van der Waals surface area contributed by atoms with E-state index in [0.717, 1.165) is 128 Å². The third kappa shape index (κ3) is 23.1. The Balaban J connectivity index is 5.30. The second kappa shape index (κ2) is 39.1. The normalized spacial score (nSPS) is 33.1. The Morgan fingerprint density at radius 3 is 0.300 bits per heavy atom. The fourth-order valence-electron chi connectivity index (χ4n) is 10.2. The third-order valence-corrected chi connectivity index (χ3v) is 59.7. The highest BCUT2D eigenvalue weighted by Crippen LogP contribution is 2.44. The van der Waals surface area contributed by atoms with Gasteiger partial charge in [0.1, 0.15) is 0 Å². The Morgan fingerprint density at radius 1 is 0.175 bits per heavy atom. The molecule has 1 aliphatic heterocycles. The molecule has 0 amide bonds. The first kappa shape index (κ1) is 77.2. The summed E-state index contributed by atoms with van der Waals surface area (Å²) in [6, 6.07) is 6.32. The highest BCUT2D eigenvalue weighted by molar-refractivity contribution is 7.01. The summed E-state index contributed by atoms with van der Waals surface area (Å²) in [4.78, 5) is 0. The van der Waals surface area contributed by atoms with Crippen LogP contribution in [-0.2, 0) is 41.2 Å². The highest BCUT2D eigenvalue weighted by atomic mass is 28.5. The van der Waals surface area contributed by atoms with Crippen LogP contribution in [0.5, 0.6) is 0 Å². The minimum atomic E-state index is -3.59. The van der Waals surface area contributed by atoms with Crippen LogP contribution in [0.15, 0.2) is 123 Å². The van der Waals surface area contributed by atoms with Gasteiger partial charge < -0.3 is 41.2 Å². The van der Waals surface area contributed by atoms with Gasteiger partial charge in [0, 0.05) is 0 Å². The van der Waals surface area contributed by atoms with Crippen molar-refractivity contribution in [2.45, 2.75) is 258 Å². The van der Waals surface area contributed by atoms with E-state index in [1.54, 1.807) is 0 Å². The van der Waals surface area contributed by atoms with Crippen molar-refractivity contribution in [3.63, 3.8) is 0 Å². The maximum Gasteiger partial charge on any atom is 0.347 e. The van der Waals surface area contributed by atoms with Crippen LogP contribution in [0.1, 0.15) is 198 Å². The number of hydrogen-bond donors (Lipinski definition) is 0. The van der Waals surface area contributed by atoms with E-state index in [1.165, 1.54) is 0 Å². The lowest BCUT2D eigenvalue weighted by Gasteiger charge is -2.50. The van der Waals surface area contributed by atoms with E-state index in [0.29, 0.717) is 60.4 Å². The van der Waals surface area contributed by atoms with Crippen LogP contribution in [0.4, 0.5) is 0 Å². The van der Waals surface area contributed by atoms with Crippen molar-refractivity contribution in [3.05, 3.63) is 123 Å². The van der Waals surface area contributed by atoms with Crippen molar-refractivity contribution in [1.29, 1.82) is 0 Å². The zero-order valence-corrected chi connectivity index (χ0v) is 63.1. The lowest BCUT2D eigenvalue weighted by molar-refractivity contribution is 0.235. The summed E-state index contributed by atoms with van der Waals surface area (Å²) in [6.07, 6.45) is 17.7. The summed E-state index contributed by atoms with van der Waals surface area (Å²) in [6.45, 7) is 68.4. The molecular weight excluding hydrogens is 1160 g/mol. The molecule has 0 aromatic heterocycles.